The molecule has 0 aliphatic rings. The van der Waals surface area contributed by atoms with Crippen LogP contribution in [0.5, 0.6) is 0 Å². The van der Waals surface area contributed by atoms with Crippen molar-refractivity contribution in [2.75, 3.05) is 5.33 Å². The maximum Gasteiger partial charge on any atom is 0.0345 e. The lowest BCUT2D eigenvalue weighted by atomic mass is 10.2. The van der Waals surface area contributed by atoms with Gasteiger partial charge in [0, 0.05) is 14.9 Å². The van der Waals surface area contributed by atoms with Gasteiger partial charge in [0.1, 0.15) is 0 Å². The van der Waals surface area contributed by atoms with Gasteiger partial charge in [-0.25, -0.2) is 0 Å². The van der Waals surface area contributed by atoms with E-state index in [-0.39, 0.29) is 0 Å². The van der Waals surface area contributed by atoms with Gasteiger partial charge >= 0.3 is 0 Å². The van der Waals surface area contributed by atoms with E-state index in [1.165, 1.54) is 15.0 Å². The summed E-state index contributed by atoms with van der Waals surface area (Å²) in [7, 11) is 0. The highest BCUT2D eigenvalue weighted by molar-refractivity contribution is 9.09. The highest BCUT2D eigenvalue weighted by Crippen LogP contribution is 2.25. The predicted octanol–water partition coefficient (Wildman–Crippen LogP) is 3.84. The fraction of sp³-hybridized carbons (Fsp3) is 0.200. The normalized spacial score (nSPS) is 10.8. The Bertz CT molecular complexity index is 345. The van der Waals surface area contributed by atoms with Gasteiger partial charge in [0.2, 0.25) is 0 Å². The van der Waals surface area contributed by atoms with Crippen molar-refractivity contribution >= 4 is 37.4 Å². The number of alkyl halides is 1. The molecule has 62 valence electrons. The van der Waals surface area contributed by atoms with Crippen LogP contribution in [-0.4, -0.2) is 5.33 Å². The van der Waals surface area contributed by atoms with Crippen LogP contribution in [0.1, 0.15) is 4.88 Å². The van der Waals surface area contributed by atoms with E-state index in [2.05, 4.69) is 46.3 Å². The van der Waals surface area contributed by atoms with Crippen molar-refractivity contribution in [1.29, 1.82) is 0 Å². The summed E-state index contributed by atoms with van der Waals surface area (Å²) in [5, 5.41) is 2.43. The summed E-state index contributed by atoms with van der Waals surface area (Å²) in [5.41, 5.74) is 0. The Morgan fingerprint density at radius 2 is 2.08 bits per heavy atom. The predicted molar refractivity (Wildman–Crippen MR) is 59.3 cm³/mol. The van der Waals surface area contributed by atoms with Crippen LogP contribution in [0.15, 0.2) is 30.3 Å². The minimum atomic E-state index is 1.06. The molecular formula is C10H9BrS. The molecule has 1 aromatic heterocycles. The molecule has 0 bridgehead atoms. The zero-order valence-electron chi connectivity index (χ0n) is 6.59. The molecule has 0 unspecified atom stereocenters. The third-order valence-electron chi connectivity index (χ3n) is 1.82. The van der Waals surface area contributed by atoms with Crippen molar-refractivity contribution in [2.24, 2.45) is 0 Å². The number of aryl methyl sites for hydroxylation is 1. The van der Waals surface area contributed by atoms with E-state index >= 15 is 0 Å². The Kier molecular flexibility index (Phi) is 2.47. The molecule has 0 saturated carbocycles. The van der Waals surface area contributed by atoms with Crippen LogP contribution in [0.4, 0.5) is 0 Å². The summed E-state index contributed by atoms with van der Waals surface area (Å²) >= 11 is 5.34. The van der Waals surface area contributed by atoms with Gasteiger partial charge in [-0.1, -0.05) is 34.1 Å². The number of hydrogen-bond donors (Lipinski definition) is 0. The Morgan fingerprint density at radius 3 is 2.83 bits per heavy atom. The second-order valence-electron chi connectivity index (χ2n) is 2.69. The smallest absolute Gasteiger partial charge is 0.0345 e. The van der Waals surface area contributed by atoms with Crippen LogP contribution < -0.4 is 0 Å². The number of fused-ring (bicyclic) bond motifs is 1. The van der Waals surface area contributed by atoms with Crippen molar-refractivity contribution in [1.82, 2.24) is 0 Å². The van der Waals surface area contributed by atoms with E-state index in [9.17, 15) is 0 Å². The fourth-order valence-corrected chi connectivity index (χ4v) is 3.01. The second kappa shape index (κ2) is 3.58. The lowest BCUT2D eigenvalue weighted by molar-refractivity contribution is 1.22. The Morgan fingerprint density at radius 1 is 1.25 bits per heavy atom. The van der Waals surface area contributed by atoms with Gasteiger partial charge in [0.25, 0.3) is 0 Å². The van der Waals surface area contributed by atoms with Crippen LogP contribution in [0.2, 0.25) is 0 Å². The van der Waals surface area contributed by atoms with Crippen LogP contribution in [0, 0.1) is 0 Å². The SMILES string of the molecule is BrCCc1cc2ccccc2s1. The second-order valence-corrected chi connectivity index (χ2v) is 4.65. The van der Waals surface area contributed by atoms with Gasteiger partial charge in [-0.2, -0.15) is 0 Å². The fourth-order valence-electron chi connectivity index (χ4n) is 1.25. The maximum absolute atomic E-state index is 3.45. The van der Waals surface area contributed by atoms with Crippen molar-refractivity contribution < 1.29 is 0 Å². The zero-order chi connectivity index (χ0) is 8.39. The quantitative estimate of drug-likeness (QED) is 0.701. The van der Waals surface area contributed by atoms with Crippen molar-refractivity contribution in [3.63, 3.8) is 0 Å². The highest BCUT2D eigenvalue weighted by atomic mass is 79.9. The third kappa shape index (κ3) is 1.54. The molecule has 2 rings (SSSR count). The van der Waals surface area contributed by atoms with Crippen molar-refractivity contribution in [3.05, 3.63) is 35.2 Å². The molecule has 0 aliphatic heterocycles. The molecule has 0 fully saturated rings. The van der Waals surface area contributed by atoms with Crippen molar-refractivity contribution in [3.8, 4) is 0 Å². The average Bonchev–Trinajstić information content (AvgIpc) is 2.47. The largest absolute Gasteiger partial charge is 0.140 e. The Balaban J connectivity index is 2.47. The first kappa shape index (κ1) is 8.27. The molecule has 1 heterocycles. The lowest BCUT2D eigenvalue weighted by Gasteiger charge is -1.85. The maximum atomic E-state index is 3.45. The Labute approximate surface area is 84.4 Å². The first-order chi connectivity index (χ1) is 5.90. The van der Waals surface area contributed by atoms with Gasteiger partial charge in [0.05, 0.1) is 0 Å². The standard InChI is InChI=1S/C10H9BrS/c11-6-5-9-7-8-3-1-2-4-10(8)12-9/h1-4,7H,5-6H2. The minimum Gasteiger partial charge on any atom is -0.140 e. The van der Waals surface area contributed by atoms with Crippen LogP contribution >= 0.6 is 27.3 Å². The molecule has 0 radical (unpaired) electrons. The van der Waals surface area contributed by atoms with Gasteiger partial charge in [-0.05, 0) is 23.9 Å². The molecule has 0 nitrogen and oxygen atoms in total. The highest BCUT2D eigenvalue weighted by Gasteiger charge is 1.98. The molecule has 0 saturated heterocycles. The minimum absolute atomic E-state index is 1.06. The van der Waals surface area contributed by atoms with Crippen LogP contribution in [0.25, 0.3) is 10.1 Å². The van der Waals surface area contributed by atoms with E-state index in [1.54, 1.807) is 0 Å². The topological polar surface area (TPSA) is 0 Å². The van der Waals surface area contributed by atoms with Crippen LogP contribution in [-0.2, 0) is 6.42 Å². The van der Waals surface area contributed by atoms with Gasteiger partial charge in [-0.15, -0.1) is 11.3 Å². The van der Waals surface area contributed by atoms with E-state index in [4.69, 9.17) is 0 Å². The molecule has 2 heteroatoms. The number of benzene rings is 1. The van der Waals surface area contributed by atoms with Gasteiger partial charge in [-0.3, -0.25) is 0 Å². The summed E-state index contributed by atoms with van der Waals surface area (Å²) in [6.07, 6.45) is 1.14. The van der Waals surface area contributed by atoms with E-state index in [1.807, 2.05) is 11.3 Å². The lowest BCUT2D eigenvalue weighted by Crippen LogP contribution is -1.76. The monoisotopic (exact) mass is 240 g/mol. The molecule has 1 aromatic carbocycles. The first-order valence-corrected chi connectivity index (χ1v) is 5.87. The summed E-state index contributed by atoms with van der Waals surface area (Å²) in [6, 6.07) is 10.8. The summed E-state index contributed by atoms with van der Waals surface area (Å²) in [4.78, 5) is 1.47. The Hall–Kier alpha value is -0.340. The molecular weight excluding hydrogens is 232 g/mol. The molecule has 0 aliphatic carbocycles. The molecule has 0 amide bonds. The number of thiophene rings is 1. The molecule has 0 spiro atoms. The summed E-state index contributed by atoms with van der Waals surface area (Å²) in [5.74, 6) is 0. The molecule has 2 aromatic rings. The van der Waals surface area contributed by atoms with Crippen LogP contribution in [0.3, 0.4) is 0 Å². The first-order valence-electron chi connectivity index (χ1n) is 3.93. The van der Waals surface area contributed by atoms with Crippen molar-refractivity contribution in [2.45, 2.75) is 6.42 Å². The van der Waals surface area contributed by atoms with E-state index in [0.717, 1.165) is 11.8 Å². The summed E-state index contributed by atoms with van der Waals surface area (Å²) < 4.78 is 1.40. The summed E-state index contributed by atoms with van der Waals surface area (Å²) in [6.45, 7) is 0. The average molecular weight is 241 g/mol. The molecule has 0 atom stereocenters. The van der Waals surface area contributed by atoms with E-state index < -0.39 is 0 Å². The number of halogens is 1. The molecule has 0 N–H and O–H groups in total. The number of hydrogen-bond acceptors (Lipinski definition) is 1. The van der Waals surface area contributed by atoms with Gasteiger partial charge in [0.15, 0.2) is 0 Å². The third-order valence-corrected chi connectivity index (χ3v) is 3.39. The van der Waals surface area contributed by atoms with E-state index in [0.29, 0.717) is 0 Å². The molecule has 12 heavy (non-hydrogen) atoms. The zero-order valence-corrected chi connectivity index (χ0v) is 8.99. The van der Waals surface area contributed by atoms with Gasteiger partial charge < -0.3 is 0 Å². The number of rotatable bonds is 2.